The molecule has 0 aliphatic rings. The lowest BCUT2D eigenvalue weighted by Gasteiger charge is -2.03. The first-order valence-electron chi connectivity index (χ1n) is 7.86. The van der Waals surface area contributed by atoms with Gasteiger partial charge < -0.3 is 4.98 Å². The first-order valence-corrected chi connectivity index (χ1v) is 8.67. The number of benzene rings is 2. The van der Waals surface area contributed by atoms with Crippen molar-refractivity contribution in [3.8, 4) is 11.3 Å². The van der Waals surface area contributed by atoms with E-state index in [2.05, 4.69) is 25.3 Å². The number of H-pyrrole nitrogens is 1. The van der Waals surface area contributed by atoms with Gasteiger partial charge in [-0.15, -0.1) is 10.2 Å². The fraction of sp³-hybridized carbons (Fsp3) is 0. The van der Waals surface area contributed by atoms with Crippen LogP contribution in [0.5, 0.6) is 0 Å². The Bertz CT molecular complexity index is 1230. The van der Waals surface area contributed by atoms with Crippen LogP contribution in [0.1, 0.15) is 0 Å². The Labute approximate surface area is 151 Å². The standard InChI is InChI=1S/C18H11FN6S/c19-12-3-1-11(2-4-12)14-7-8-17-22-23-18(25(17)24-14)26-13-5-6-15-16(9-13)21-10-20-15/h1-10H,(H,20,21). The van der Waals surface area contributed by atoms with Gasteiger partial charge in [-0.1, -0.05) is 0 Å². The van der Waals surface area contributed by atoms with Crippen molar-refractivity contribution in [2.45, 2.75) is 10.1 Å². The van der Waals surface area contributed by atoms with Gasteiger partial charge in [-0.05, 0) is 66.4 Å². The van der Waals surface area contributed by atoms with E-state index in [1.165, 1.54) is 23.9 Å². The lowest BCUT2D eigenvalue weighted by atomic mass is 10.1. The van der Waals surface area contributed by atoms with Gasteiger partial charge in [0.1, 0.15) is 5.82 Å². The predicted molar refractivity (Wildman–Crippen MR) is 96.4 cm³/mol. The summed E-state index contributed by atoms with van der Waals surface area (Å²) in [5.41, 5.74) is 4.09. The van der Waals surface area contributed by atoms with Crippen molar-refractivity contribution in [2.75, 3.05) is 0 Å². The number of fused-ring (bicyclic) bond motifs is 2. The molecular formula is C18H11FN6S. The SMILES string of the molecule is Fc1ccc(-c2ccc3nnc(Sc4ccc5nc[nH]c5c4)n3n2)cc1. The summed E-state index contributed by atoms with van der Waals surface area (Å²) in [7, 11) is 0. The van der Waals surface area contributed by atoms with E-state index in [0.29, 0.717) is 10.8 Å². The maximum absolute atomic E-state index is 13.1. The second-order valence-electron chi connectivity index (χ2n) is 5.66. The average Bonchev–Trinajstić information content (AvgIpc) is 3.29. The largest absolute Gasteiger partial charge is 0.345 e. The van der Waals surface area contributed by atoms with Gasteiger partial charge in [0.05, 0.1) is 23.1 Å². The molecule has 0 aliphatic heterocycles. The van der Waals surface area contributed by atoms with Crippen LogP contribution in [0.2, 0.25) is 0 Å². The van der Waals surface area contributed by atoms with E-state index in [9.17, 15) is 4.39 Å². The van der Waals surface area contributed by atoms with Crippen LogP contribution in [-0.4, -0.2) is 29.8 Å². The van der Waals surface area contributed by atoms with Crippen molar-refractivity contribution < 1.29 is 4.39 Å². The highest BCUT2D eigenvalue weighted by atomic mass is 32.2. The minimum atomic E-state index is -0.274. The molecule has 0 unspecified atom stereocenters. The first kappa shape index (κ1) is 15.0. The van der Waals surface area contributed by atoms with Crippen molar-refractivity contribution >= 4 is 28.4 Å². The van der Waals surface area contributed by atoms with Gasteiger partial charge in [0.15, 0.2) is 5.65 Å². The Kier molecular flexibility index (Phi) is 3.42. The number of aromatic nitrogens is 6. The van der Waals surface area contributed by atoms with Gasteiger partial charge in [-0.2, -0.15) is 9.61 Å². The number of aromatic amines is 1. The van der Waals surface area contributed by atoms with E-state index in [1.807, 2.05) is 30.3 Å². The minimum absolute atomic E-state index is 0.274. The molecular weight excluding hydrogens is 351 g/mol. The number of nitrogens with one attached hydrogen (secondary N) is 1. The van der Waals surface area contributed by atoms with Crippen LogP contribution < -0.4 is 0 Å². The number of nitrogens with zero attached hydrogens (tertiary/aromatic N) is 5. The topological polar surface area (TPSA) is 71.8 Å². The quantitative estimate of drug-likeness (QED) is 0.526. The summed E-state index contributed by atoms with van der Waals surface area (Å²) in [5, 5.41) is 13.7. The number of hydrogen-bond acceptors (Lipinski definition) is 5. The molecule has 26 heavy (non-hydrogen) atoms. The summed E-state index contributed by atoms with van der Waals surface area (Å²) < 4.78 is 14.8. The highest BCUT2D eigenvalue weighted by molar-refractivity contribution is 7.99. The van der Waals surface area contributed by atoms with E-state index >= 15 is 0 Å². The Morgan fingerprint density at radius 3 is 2.73 bits per heavy atom. The fourth-order valence-corrected chi connectivity index (χ4v) is 3.52. The van der Waals surface area contributed by atoms with Crippen LogP contribution >= 0.6 is 11.8 Å². The normalized spacial score (nSPS) is 11.4. The van der Waals surface area contributed by atoms with Crippen molar-refractivity contribution in [2.24, 2.45) is 0 Å². The molecule has 0 fully saturated rings. The zero-order valence-corrected chi connectivity index (χ0v) is 14.1. The summed E-state index contributed by atoms with van der Waals surface area (Å²) in [6, 6.07) is 15.9. The third-order valence-electron chi connectivity index (χ3n) is 3.98. The highest BCUT2D eigenvalue weighted by Crippen LogP contribution is 2.28. The monoisotopic (exact) mass is 362 g/mol. The average molecular weight is 362 g/mol. The van der Waals surface area contributed by atoms with Crippen molar-refractivity contribution in [3.63, 3.8) is 0 Å². The number of hydrogen-bond donors (Lipinski definition) is 1. The molecule has 3 aromatic heterocycles. The Hall–Kier alpha value is -3.26. The maximum atomic E-state index is 13.1. The van der Waals surface area contributed by atoms with Crippen molar-refractivity contribution in [1.29, 1.82) is 0 Å². The van der Waals surface area contributed by atoms with E-state index in [1.54, 1.807) is 23.0 Å². The van der Waals surface area contributed by atoms with E-state index in [-0.39, 0.29) is 5.82 Å². The smallest absolute Gasteiger partial charge is 0.217 e. The van der Waals surface area contributed by atoms with Crippen LogP contribution in [0.15, 0.2) is 71.0 Å². The minimum Gasteiger partial charge on any atom is -0.345 e. The number of imidazole rings is 1. The summed E-state index contributed by atoms with van der Waals surface area (Å²) in [4.78, 5) is 8.32. The van der Waals surface area contributed by atoms with E-state index in [4.69, 9.17) is 0 Å². The van der Waals surface area contributed by atoms with Crippen LogP contribution in [0, 0.1) is 5.82 Å². The number of halogens is 1. The highest BCUT2D eigenvalue weighted by Gasteiger charge is 2.11. The van der Waals surface area contributed by atoms with Gasteiger partial charge >= 0.3 is 0 Å². The molecule has 0 saturated carbocycles. The van der Waals surface area contributed by atoms with Gasteiger partial charge in [0, 0.05) is 10.5 Å². The first-order chi connectivity index (χ1) is 12.8. The molecule has 0 spiro atoms. The zero-order chi connectivity index (χ0) is 17.5. The van der Waals surface area contributed by atoms with Gasteiger partial charge in [-0.25, -0.2) is 9.37 Å². The molecule has 0 saturated heterocycles. The maximum Gasteiger partial charge on any atom is 0.217 e. The molecule has 126 valence electrons. The molecule has 0 amide bonds. The van der Waals surface area contributed by atoms with E-state index in [0.717, 1.165) is 27.2 Å². The van der Waals surface area contributed by atoms with Gasteiger partial charge in [0.2, 0.25) is 5.16 Å². The molecule has 1 N–H and O–H groups in total. The summed E-state index contributed by atoms with van der Waals surface area (Å²) in [5.74, 6) is -0.274. The van der Waals surface area contributed by atoms with Crippen LogP contribution in [0.3, 0.4) is 0 Å². The molecule has 3 heterocycles. The van der Waals surface area contributed by atoms with Crippen molar-refractivity contribution in [3.05, 3.63) is 66.7 Å². The molecule has 5 rings (SSSR count). The predicted octanol–water partition coefficient (Wildman–Crippen LogP) is 3.96. The van der Waals surface area contributed by atoms with Crippen LogP contribution in [0.4, 0.5) is 4.39 Å². The molecule has 0 atom stereocenters. The molecule has 6 nitrogen and oxygen atoms in total. The second kappa shape index (κ2) is 5.92. The molecule has 0 bridgehead atoms. The Balaban J connectivity index is 1.54. The molecule has 2 aromatic carbocycles. The summed E-state index contributed by atoms with van der Waals surface area (Å²) >= 11 is 1.47. The van der Waals surface area contributed by atoms with Gasteiger partial charge in [0.25, 0.3) is 0 Å². The summed E-state index contributed by atoms with van der Waals surface area (Å²) in [6.45, 7) is 0. The van der Waals surface area contributed by atoms with Crippen LogP contribution in [-0.2, 0) is 0 Å². The molecule has 0 radical (unpaired) electrons. The zero-order valence-electron chi connectivity index (χ0n) is 13.3. The van der Waals surface area contributed by atoms with E-state index < -0.39 is 0 Å². The Morgan fingerprint density at radius 2 is 1.85 bits per heavy atom. The second-order valence-corrected chi connectivity index (χ2v) is 6.70. The third-order valence-corrected chi connectivity index (χ3v) is 4.90. The fourth-order valence-electron chi connectivity index (χ4n) is 2.69. The molecule has 0 aliphatic carbocycles. The van der Waals surface area contributed by atoms with Crippen molar-refractivity contribution in [1.82, 2.24) is 29.8 Å². The lowest BCUT2D eigenvalue weighted by molar-refractivity contribution is 0.628. The van der Waals surface area contributed by atoms with Gasteiger partial charge in [-0.3, -0.25) is 0 Å². The Morgan fingerprint density at radius 1 is 0.962 bits per heavy atom. The molecule has 5 aromatic rings. The molecule has 8 heteroatoms. The third kappa shape index (κ3) is 2.60. The summed E-state index contributed by atoms with van der Waals surface area (Å²) in [6.07, 6.45) is 1.67. The number of rotatable bonds is 3. The lowest BCUT2D eigenvalue weighted by Crippen LogP contribution is -1.96. The van der Waals surface area contributed by atoms with Crippen LogP contribution in [0.25, 0.3) is 27.9 Å².